The fourth-order valence-corrected chi connectivity index (χ4v) is 3.27. The molecule has 0 bridgehead atoms. The lowest BCUT2D eigenvalue weighted by atomic mass is 10.2. The van der Waals surface area contributed by atoms with Crippen LogP contribution in [0.3, 0.4) is 0 Å². The molecule has 1 aromatic carbocycles. The van der Waals surface area contributed by atoms with E-state index in [9.17, 15) is 14.0 Å². The van der Waals surface area contributed by atoms with Crippen molar-refractivity contribution in [3.63, 3.8) is 0 Å². The van der Waals surface area contributed by atoms with E-state index >= 15 is 0 Å². The second-order valence-corrected chi connectivity index (χ2v) is 6.79. The molecule has 0 atom stereocenters. The molecule has 1 saturated heterocycles. The quantitative estimate of drug-likeness (QED) is 0.797. The third-order valence-electron chi connectivity index (χ3n) is 4.83. The van der Waals surface area contributed by atoms with Gasteiger partial charge < -0.3 is 15.1 Å². The number of anilines is 1. The Labute approximate surface area is 164 Å². The highest BCUT2D eigenvalue weighted by atomic mass is 19.1. The van der Waals surface area contributed by atoms with E-state index in [-0.39, 0.29) is 30.7 Å². The van der Waals surface area contributed by atoms with Crippen molar-refractivity contribution < 1.29 is 14.0 Å². The second kappa shape index (κ2) is 9.30. The Morgan fingerprint density at radius 3 is 2.57 bits per heavy atom. The summed E-state index contributed by atoms with van der Waals surface area (Å²) in [6.07, 6.45) is 3.87. The fourth-order valence-electron chi connectivity index (χ4n) is 3.27. The fraction of sp³-hybridized carbons (Fsp3) is 0.381. The molecule has 7 heteroatoms. The van der Waals surface area contributed by atoms with Gasteiger partial charge in [0.25, 0.3) is 5.91 Å². The largest absolute Gasteiger partial charge is 0.356 e. The van der Waals surface area contributed by atoms with Gasteiger partial charge in [-0.1, -0.05) is 12.1 Å². The molecule has 0 saturated carbocycles. The predicted molar refractivity (Wildman–Crippen MR) is 106 cm³/mol. The van der Waals surface area contributed by atoms with Crippen LogP contribution < -0.4 is 10.2 Å². The highest BCUT2D eigenvalue weighted by Crippen LogP contribution is 2.23. The number of carbonyl (C=O) groups excluding carboxylic acids is 2. The average Bonchev–Trinajstić information content (AvgIpc) is 3.26. The maximum atomic E-state index is 13.0. The monoisotopic (exact) mass is 384 g/mol. The van der Waals surface area contributed by atoms with Crippen LogP contribution in [0.25, 0.3) is 0 Å². The average molecular weight is 384 g/mol. The first-order valence-electron chi connectivity index (χ1n) is 9.59. The van der Waals surface area contributed by atoms with Crippen molar-refractivity contribution in [2.75, 3.05) is 31.1 Å². The number of nitrogens with zero attached hydrogens (tertiary/aromatic N) is 3. The summed E-state index contributed by atoms with van der Waals surface area (Å²) >= 11 is 0. The molecule has 1 fully saturated rings. The zero-order chi connectivity index (χ0) is 19.9. The summed E-state index contributed by atoms with van der Waals surface area (Å²) < 4.78 is 13.0. The van der Waals surface area contributed by atoms with E-state index in [1.165, 1.54) is 17.0 Å². The smallest absolute Gasteiger partial charge is 0.258 e. The van der Waals surface area contributed by atoms with E-state index in [1.807, 2.05) is 6.92 Å². The topological polar surface area (TPSA) is 65.5 Å². The van der Waals surface area contributed by atoms with Crippen molar-refractivity contribution in [3.05, 3.63) is 59.5 Å². The van der Waals surface area contributed by atoms with Crippen LogP contribution >= 0.6 is 0 Å². The Morgan fingerprint density at radius 2 is 1.89 bits per heavy atom. The number of benzene rings is 1. The minimum atomic E-state index is -0.317. The number of amides is 2. The lowest BCUT2D eigenvalue weighted by Gasteiger charge is -2.24. The molecular formula is C21H25FN4O2. The standard InChI is InChI=1S/C21H25FN4O2/c1-2-25(15-19(27)24-14-16-7-9-17(22)10-8-16)21(28)18-6-5-11-23-20(18)26-12-3-4-13-26/h5-11H,2-4,12-15H2,1H3,(H,24,27). The molecule has 1 aliphatic heterocycles. The molecule has 148 valence electrons. The van der Waals surface area contributed by atoms with Crippen LogP contribution in [-0.4, -0.2) is 47.9 Å². The van der Waals surface area contributed by atoms with Crippen LogP contribution in [0.4, 0.5) is 10.2 Å². The normalized spacial score (nSPS) is 13.4. The molecular weight excluding hydrogens is 359 g/mol. The Morgan fingerprint density at radius 1 is 1.18 bits per heavy atom. The van der Waals surface area contributed by atoms with E-state index in [0.717, 1.165) is 31.5 Å². The van der Waals surface area contributed by atoms with Gasteiger partial charge in [-0.3, -0.25) is 9.59 Å². The van der Waals surface area contributed by atoms with Crippen LogP contribution in [0, 0.1) is 5.82 Å². The SMILES string of the molecule is CCN(CC(=O)NCc1ccc(F)cc1)C(=O)c1cccnc1N1CCCC1. The highest BCUT2D eigenvalue weighted by Gasteiger charge is 2.24. The summed E-state index contributed by atoms with van der Waals surface area (Å²) in [5.41, 5.74) is 1.32. The molecule has 6 nitrogen and oxygen atoms in total. The van der Waals surface area contributed by atoms with Crippen molar-refractivity contribution in [2.24, 2.45) is 0 Å². The summed E-state index contributed by atoms with van der Waals surface area (Å²) in [5.74, 6) is -0.0844. The van der Waals surface area contributed by atoms with E-state index in [4.69, 9.17) is 0 Å². The maximum absolute atomic E-state index is 13.0. The number of aromatic nitrogens is 1. The number of likely N-dealkylation sites (N-methyl/N-ethyl adjacent to an activating group) is 1. The first-order chi connectivity index (χ1) is 13.6. The second-order valence-electron chi connectivity index (χ2n) is 6.79. The number of nitrogens with one attached hydrogen (secondary N) is 1. The van der Waals surface area contributed by atoms with Gasteiger partial charge in [0.2, 0.25) is 5.91 Å². The molecule has 3 rings (SSSR count). The van der Waals surface area contributed by atoms with Crippen molar-refractivity contribution in [1.29, 1.82) is 0 Å². The molecule has 0 radical (unpaired) electrons. The lowest BCUT2D eigenvalue weighted by Crippen LogP contribution is -2.41. The van der Waals surface area contributed by atoms with Gasteiger partial charge >= 0.3 is 0 Å². The van der Waals surface area contributed by atoms with Crippen molar-refractivity contribution in [2.45, 2.75) is 26.3 Å². The van der Waals surface area contributed by atoms with Crippen molar-refractivity contribution >= 4 is 17.6 Å². The minimum Gasteiger partial charge on any atom is -0.356 e. The lowest BCUT2D eigenvalue weighted by molar-refractivity contribution is -0.121. The van der Waals surface area contributed by atoms with Crippen LogP contribution in [0.15, 0.2) is 42.6 Å². The van der Waals surface area contributed by atoms with Crippen LogP contribution in [-0.2, 0) is 11.3 Å². The van der Waals surface area contributed by atoms with Gasteiger partial charge in [0.05, 0.1) is 12.1 Å². The van der Waals surface area contributed by atoms with Gasteiger partial charge in [0.15, 0.2) is 0 Å². The van der Waals surface area contributed by atoms with E-state index in [2.05, 4.69) is 15.2 Å². The van der Waals surface area contributed by atoms with Crippen molar-refractivity contribution in [1.82, 2.24) is 15.2 Å². The summed E-state index contributed by atoms with van der Waals surface area (Å²) in [7, 11) is 0. The van der Waals surface area contributed by atoms with Gasteiger partial charge in [0.1, 0.15) is 11.6 Å². The molecule has 0 unspecified atom stereocenters. The number of hydrogen-bond acceptors (Lipinski definition) is 4. The zero-order valence-corrected chi connectivity index (χ0v) is 16.0. The van der Waals surface area contributed by atoms with Crippen LogP contribution in [0.1, 0.15) is 35.7 Å². The van der Waals surface area contributed by atoms with E-state index in [0.29, 0.717) is 17.9 Å². The molecule has 1 aromatic heterocycles. The molecule has 2 amide bonds. The number of pyridine rings is 1. The van der Waals surface area contributed by atoms with Gasteiger partial charge in [-0.2, -0.15) is 0 Å². The Hall–Kier alpha value is -2.96. The Bertz CT molecular complexity index is 819. The predicted octanol–water partition coefficient (Wildman–Crippen LogP) is 2.60. The van der Waals surface area contributed by atoms with Gasteiger partial charge in [-0.15, -0.1) is 0 Å². The Balaban J connectivity index is 1.63. The third kappa shape index (κ3) is 4.85. The number of carbonyl (C=O) groups is 2. The molecule has 2 aromatic rings. The van der Waals surface area contributed by atoms with Crippen LogP contribution in [0.5, 0.6) is 0 Å². The summed E-state index contributed by atoms with van der Waals surface area (Å²) in [4.78, 5) is 33.4. The molecule has 28 heavy (non-hydrogen) atoms. The third-order valence-corrected chi connectivity index (χ3v) is 4.83. The summed E-state index contributed by atoms with van der Waals surface area (Å²) in [6.45, 7) is 4.29. The van der Waals surface area contributed by atoms with E-state index in [1.54, 1.807) is 30.5 Å². The minimum absolute atomic E-state index is 0.0368. The van der Waals surface area contributed by atoms with E-state index < -0.39 is 0 Å². The Kier molecular flexibility index (Phi) is 6.57. The molecule has 1 N–H and O–H groups in total. The summed E-state index contributed by atoms with van der Waals surface area (Å²) in [6, 6.07) is 9.46. The molecule has 2 heterocycles. The molecule has 0 aliphatic carbocycles. The molecule has 0 spiro atoms. The molecule has 1 aliphatic rings. The zero-order valence-electron chi connectivity index (χ0n) is 16.0. The summed E-state index contributed by atoms with van der Waals surface area (Å²) in [5, 5.41) is 2.78. The van der Waals surface area contributed by atoms with Crippen molar-refractivity contribution in [3.8, 4) is 0 Å². The van der Waals surface area contributed by atoms with Gasteiger partial charge in [0, 0.05) is 32.4 Å². The first-order valence-corrected chi connectivity index (χ1v) is 9.59. The maximum Gasteiger partial charge on any atom is 0.258 e. The number of hydrogen-bond donors (Lipinski definition) is 1. The van der Waals surface area contributed by atoms with Crippen LogP contribution in [0.2, 0.25) is 0 Å². The number of halogens is 1. The first kappa shape index (κ1) is 19.8. The van der Waals surface area contributed by atoms with Gasteiger partial charge in [-0.05, 0) is 49.6 Å². The highest BCUT2D eigenvalue weighted by molar-refractivity contribution is 6.00. The van der Waals surface area contributed by atoms with Gasteiger partial charge in [-0.25, -0.2) is 9.37 Å². The number of rotatable bonds is 7.